The average Bonchev–Trinajstić information content (AvgIpc) is 2.49. The second-order valence-electron chi connectivity index (χ2n) is 6.88. The summed E-state index contributed by atoms with van der Waals surface area (Å²) in [5.41, 5.74) is 0.686. The van der Waals surface area contributed by atoms with E-state index in [1.807, 2.05) is 0 Å². The Hall–Kier alpha value is -0.0800. The molecule has 0 aliphatic carbocycles. The molecule has 1 N–H and O–H groups in total. The van der Waals surface area contributed by atoms with Gasteiger partial charge in [-0.25, -0.2) is 0 Å². The standard InChI is InChI=1S/C17H34N2/c1-3-17(4-2)9-14-19(15-10-17)13-5-6-16-7-11-18-12-8-16/h16,18H,3-15H2,1-2H3. The lowest BCUT2D eigenvalue weighted by Crippen LogP contribution is -2.40. The lowest BCUT2D eigenvalue weighted by molar-refractivity contribution is 0.0930. The van der Waals surface area contributed by atoms with Crippen molar-refractivity contribution in [2.24, 2.45) is 11.3 Å². The minimum Gasteiger partial charge on any atom is -0.317 e. The van der Waals surface area contributed by atoms with Crippen LogP contribution in [-0.2, 0) is 0 Å². The molecule has 0 spiro atoms. The van der Waals surface area contributed by atoms with Crippen LogP contribution in [0.3, 0.4) is 0 Å². The van der Waals surface area contributed by atoms with Crippen molar-refractivity contribution < 1.29 is 0 Å². The first kappa shape index (κ1) is 15.3. The Morgan fingerprint density at radius 1 is 1.05 bits per heavy atom. The highest BCUT2D eigenvalue weighted by Crippen LogP contribution is 2.37. The number of rotatable bonds is 6. The summed E-state index contributed by atoms with van der Waals surface area (Å²) < 4.78 is 0. The van der Waals surface area contributed by atoms with Gasteiger partial charge >= 0.3 is 0 Å². The number of nitrogens with one attached hydrogen (secondary N) is 1. The van der Waals surface area contributed by atoms with Crippen LogP contribution in [0.2, 0.25) is 0 Å². The van der Waals surface area contributed by atoms with Gasteiger partial charge in [-0.2, -0.15) is 0 Å². The Morgan fingerprint density at radius 3 is 2.26 bits per heavy atom. The quantitative estimate of drug-likeness (QED) is 0.789. The summed E-state index contributed by atoms with van der Waals surface area (Å²) in [4.78, 5) is 2.73. The van der Waals surface area contributed by atoms with E-state index in [0.29, 0.717) is 5.41 Å². The molecule has 0 saturated carbocycles. The highest BCUT2D eigenvalue weighted by Gasteiger charge is 2.30. The van der Waals surface area contributed by atoms with E-state index >= 15 is 0 Å². The number of likely N-dealkylation sites (tertiary alicyclic amines) is 1. The molecule has 0 aromatic carbocycles. The molecule has 0 unspecified atom stereocenters. The molecular formula is C17H34N2. The van der Waals surface area contributed by atoms with Crippen LogP contribution in [0.5, 0.6) is 0 Å². The molecule has 2 nitrogen and oxygen atoms in total. The van der Waals surface area contributed by atoms with Gasteiger partial charge in [0, 0.05) is 0 Å². The molecule has 2 heterocycles. The minimum atomic E-state index is 0.686. The molecule has 2 saturated heterocycles. The molecule has 2 aliphatic rings. The molecule has 19 heavy (non-hydrogen) atoms. The van der Waals surface area contributed by atoms with E-state index in [1.54, 1.807) is 0 Å². The zero-order chi connectivity index (χ0) is 13.6. The van der Waals surface area contributed by atoms with Crippen LogP contribution in [0.15, 0.2) is 0 Å². The van der Waals surface area contributed by atoms with E-state index in [9.17, 15) is 0 Å². The maximum Gasteiger partial charge on any atom is -0.00134 e. The van der Waals surface area contributed by atoms with Crippen molar-refractivity contribution in [1.82, 2.24) is 10.2 Å². The summed E-state index contributed by atoms with van der Waals surface area (Å²) in [5.74, 6) is 1.01. The fraction of sp³-hybridized carbons (Fsp3) is 1.00. The Morgan fingerprint density at radius 2 is 1.68 bits per heavy atom. The Kier molecular flexibility index (Phi) is 6.15. The maximum absolute atomic E-state index is 3.47. The van der Waals surface area contributed by atoms with Gasteiger partial charge in [0.15, 0.2) is 0 Å². The van der Waals surface area contributed by atoms with E-state index in [-0.39, 0.29) is 0 Å². The van der Waals surface area contributed by atoms with Gasteiger partial charge in [-0.05, 0) is 82.6 Å². The smallest absolute Gasteiger partial charge is 0.00134 e. The van der Waals surface area contributed by atoms with E-state index in [4.69, 9.17) is 0 Å². The fourth-order valence-corrected chi connectivity index (χ4v) is 3.98. The van der Waals surface area contributed by atoms with Crippen LogP contribution in [0.4, 0.5) is 0 Å². The molecule has 2 fully saturated rings. The van der Waals surface area contributed by atoms with Crippen molar-refractivity contribution in [3.8, 4) is 0 Å². The summed E-state index contributed by atoms with van der Waals surface area (Å²) in [6.07, 6.45) is 11.4. The monoisotopic (exact) mass is 266 g/mol. The molecule has 0 bridgehead atoms. The minimum absolute atomic E-state index is 0.686. The third-order valence-electron chi connectivity index (χ3n) is 5.96. The zero-order valence-electron chi connectivity index (χ0n) is 13.2. The second kappa shape index (κ2) is 7.64. The Labute approximate surface area is 120 Å². The first-order chi connectivity index (χ1) is 9.28. The van der Waals surface area contributed by atoms with Crippen LogP contribution in [0.25, 0.3) is 0 Å². The van der Waals surface area contributed by atoms with Gasteiger partial charge in [0.1, 0.15) is 0 Å². The van der Waals surface area contributed by atoms with E-state index in [1.165, 1.54) is 84.1 Å². The number of nitrogens with zero attached hydrogens (tertiary/aromatic N) is 1. The van der Waals surface area contributed by atoms with E-state index in [2.05, 4.69) is 24.1 Å². The van der Waals surface area contributed by atoms with Crippen molar-refractivity contribution >= 4 is 0 Å². The van der Waals surface area contributed by atoms with Gasteiger partial charge in [0.2, 0.25) is 0 Å². The Bertz CT molecular complexity index is 232. The van der Waals surface area contributed by atoms with Crippen molar-refractivity contribution in [3.05, 3.63) is 0 Å². The van der Waals surface area contributed by atoms with Gasteiger partial charge < -0.3 is 10.2 Å². The molecule has 0 radical (unpaired) electrons. The van der Waals surface area contributed by atoms with Crippen LogP contribution < -0.4 is 5.32 Å². The third kappa shape index (κ3) is 4.46. The van der Waals surface area contributed by atoms with Crippen LogP contribution in [-0.4, -0.2) is 37.6 Å². The van der Waals surface area contributed by atoms with Crippen molar-refractivity contribution in [3.63, 3.8) is 0 Å². The van der Waals surface area contributed by atoms with Crippen LogP contribution >= 0.6 is 0 Å². The lowest BCUT2D eigenvalue weighted by atomic mass is 9.74. The summed E-state index contributed by atoms with van der Waals surface area (Å²) in [7, 11) is 0. The van der Waals surface area contributed by atoms with Crippen molar-refractivity contribution in [1.29, 1.82) is 0 Å². The summed E-state index contributed by atoms with van der Waals surface area (Å²) >= 11 is 0. The molecule has 0 aromatic rings. The van der Waals surface area contributed by atoms with Crippen molar-refractivity contribution in [2.45, 2.75) is 65.2 Å². The number of piperidine rings is 2. The van der Waals surface area contributed by atoms with E-state index in [0.717, 1.165) is 5.92 Å². The highest BCUT2D eigenvalue weighted by molar-refractivity contribution is 4.84. The van der Waals surface area contributed by atoms with Crippen LogP contribution in [0, 0.1) is 11.3 Å². The van der Waals surface area contributed by atoms with Gasteiger partial charge in [-0.1, -0.05) is 26.7 Å². The Balaban J connectivity index is 1.60. The van der Waals surface area contributed by atoms with Gasteiger partial charge in [0.25, 0.3) is 0 Å². The maximum atomic E-state index is 3.47. The van der Waals surface area contributed by atoms with Crippen molar-refractivity contribution in [2.75, 3.05) is 32.7 Å². The van der Waals surface area contributed by atoms with E-state index < -0.39 is 0 Å². The predicted molar refractivity (Wildman–Crippen MR) is 83.5 cm³/mol. The SMILES string of the molecule is CCC1(CC)CCN(CCCC2CCNCC2)CC1. The summed E-state index contributed by atoms with van der Waals surface area (Å²) in [5, 5.41) is 3.47. The normalized spacial score (nSPS) is 25.6. The largest absolute Gasteiger partial charge is 0.317 e. The summed E-state index contributed by atoms with van der Waals surface area (Å²) in [6.45, 7) is 11.3. The molecule has 0 amide bonds. The molecular weight excluding hydrogens is 232 g/mol. The zero-order valence-corrected chi connectivity index (χ0v) is 13.2. The number of hydrogen-bond donors (Lipinski definition) is 1. The second-order valence-corrected chi connectivity index (χ2v) is 6.88. The first-order valence-corrected chi connectivity index (χ1v) is 8.71. The third-order valence-corrected chi connectivity index (χ3v) is 5.96. The van der Waals surface area contributed by atoms with Gasteiger partial charge in [0.05, 0.1) is 0 Å². The fourth-order valence-electron chi connectivity index (χ4n) is 3.98. The highest BCUT2D eigenvalue weighted by atomic mass is 15.1. The lowest BCUT2D eigenvalue weighted by Gasteiger charge is -2.41. The van der Waals surface area contributed by atoms with Crippen LogP contribution in [0.1, 0.15) is 65.2 Å². The molecule has 0 atom stereocenters. The number of hydrogen-bond acceptors (Lipinski definition) is 2. The predicted octanol–water partition coefficient (Wildman–Crippen LogP) is 3.67. The molecule has 2 heteroatoms. The van der Waals surface area contributed by atoms with Gasteiger partial charge in [-0.3, -0.25) is 0 Å². The molecule has 2 aliphatic heterocycles. The summed E-state index contributed by atoms with van der Waals surface area (Å²) in [6, 6.07) is 0. The molecule has 0 aromatic heterocycles. The molecule has 2 rings (SSSR count). The topological polar surface area (TPSA) is 15.3 Å². The average molecular weight is 266 g/mol. The first-order valence-electron chi connectivity index (χ1n) is 8.71. The molecule has 112 valence electrons. The van der Waals surface area contributed by atoms with Gasteiger partial charge in [-0.15, -0.1) is 0 Å².